The Labute approximate surface area is 188 Å². The predicted octanol–water partition coefficient (Wildman–Crippen LogP) is 4.51. The van der Waals surface area contributed by atoms with Crippen LogP contribution in [0, 0.1) is 5.41 Å². The molecule has 5 heteroatoms. The van der Waals surface area contributed by atoms with E-state index in [1.54, 1.807) is 30.3 Å². The Morgan fingerprint density at radius 3 is 2.48 bits per heavy atom. The van der Waals surface area contributed by atoms with E-state index in [1.165, 1.54) is 0 Å². The van der Waals surface area contributed by atoms with Crippen molar-refractivity contribution < 1.29 is 9.59 Å². The molecule has 3 aromatic rings. The number of carbonyl (C=O) groups excluding carboxylic acids is 2. The quantitative estimate of drug-likeness (QED) is 0.575. The lowest BCUT2D eigenvalue weighted by molar-refractivity contribution is -0.139. The molecule has 0 aliphatic carbocycles. The first-order valence-electron chi connectivity index (χ1n) is 10.6. The second-order valence-electron chi connectivity index (χ2n) is 8.60. The van der Waals surface area contributed by atoms with Crippen molar-refractivity contribution >= 4 is 23.2 Å². The van der Waals surface area contributed by atoms with Crippen molar-refractivity contribution in [2.75, 3.05) is 27.2 Å². The zero-order valence-electron chi connectivity index (χ0n) is 18.1. The van der Waals surface area contributed by atoms with Crippen LogP contribution in [0.4, 0.5) is 0 Å². The molecule has 0 bridgehead atoms. The highest BCUT2D eigenvalue weighted by atomic mass is 32.1. The monoisotopic (exact) mass is 432 g/mol. The van der Waals surface area contributed by atoms with E-state index >= 15 is 0 Å². The van der Waals surface area contributed by atoms with E-state index in [9.17, 15) is 9.59 Å². The molecule has 4 nitrogen and oxygen atoms in total. The van der Waals surface area contributed by atoms with Gasteiger partial charge in [-0.15, -0.1) is 0 Å². The molecule has 2 aromatic carbocycles. The summed E-state index contributed by atoms with van der Waals surface area (Å²) in [4.78, 5) is 29.7. The van der Waals surface area contributed by atoms with Gasteiger partial charge in [-0.05, 0) is 51.9 Å². The first-order valence-corrected chi connectivity index (χ1v) is 11.6. The summed E-state index contributed by atoms with van der Waals surface area (Å²) >= 11 is 1.60. The summed E-state index contributed by atoms with van der Waals surface area (Å²) in [6.45, 7) is 1.10. The fourth-order valence-corrected chi connectivity index (χ4v) is 5.18. The normalized spacial score (nSPS) is 18.2. The zero-order chi connectivity index (χ0) is 21.8. The van der Waals surface area contributed by atoms with Crippen molar-refractivity contribution in [1.82, 2.24) is 9.80 Å². The van der Waals surface area contributed by atoms with Crippen LogP contribution in [0.25, 0.3) is 11.1 Å². The molecule has 2 amide bonds. The molecule has 1 saturated heterocycles. The summed E-state index contributed by atoms with van der Waals surface area (Å²) in [5, 5.41) is 4.01. The van der Waals surface area contributed by atoms with Crippen LogP contribution < -0.4 is 0 Å². The van der Waals surface area contributed by atoms with Gasteiger partial charge in [0.1, 0.15) is 0 Å². The highest BCUT2D eigenvalue weighted by Crippen LogP contribution is 2.37. The fraction of sp³-hybridized carbons (Fsp3) is 0.308. The van der Waals surface area contributed by atoms with E-state index < -0.39 is 5.41 Å². The first-order chi connectivity index (χ1) is 15.0. The van der Waals surface area contributed by atoms with Crippen molar-refractivity contribution in [3.63, 3.8) is 0 Å². The summed E-state index contributed by atoms with van der Waals surface area (Å²) in [6.07, 6.45) is 1.72. The number of nitrogens with zero attached hydrogens (tertiary/aromatic N) is 2. The molecule has 0 saturated carbocycles. The number of benzene rings is 2. The Bertz CT molecular complexity index is 1050. The Morgan fingerprint density at radius 2 is 1.77 bits per heavy atom. The van der Waals surface area contributed by atoms with Crippen molar-refractivity contribution in [3.8, 4) is 11.1 Å². The van der Waals surface area contributed by atoms with Gasteiger partial charge in [0.25, 0.3) is 0 Å². The van der Waals surface area contributed by atoms with Crippen molar-refractivity contribution in [2.24, 2.45) is 5.41 Å². The van der Waals surface area contributed by atoms with Crippen LogP contribution in [-0.2, 0) is 22.4 Å². The molecule has 1 aliphatic rings. The van der Waals surface area contributed by atoms with Crippen LogP contribution in [0.5, 0.6) is 0 Å². The highest BCUT2D eigenvalue weighted by molar-refractivity contribution is 7.08. The lowest BCUT2D eigenvalue weighted by Crippen LogP contribution is -2.44. The average Bonchev–Trinajstić information content (AvgIpc) is 3.45. The second kappa shape index (κ2) is 9.06. The van der Waals surface area contributed by atoms with E-state index in [0.717, 1.165) is 22.3 Å². The van der Waals surface area contributed by atoms with Gasteiger partial charge in [-0.3, -0.25) is 9.59 Å². The minimum absolute atomic E-state index is 0.100. The Kier molecular flexibility index (Phi) is 6.23. The lowest BCUT2D eigenvalue weighted by Gasteiger charge is -2.31. The Hall–Kier alpha value is -2.92. The molecule has 1 unspecified atom stereocenters. The zero-order valence-corrected chi connectivity index (χ0v) is 18.9. The van der Waals surface area contributed by atoms with Crippen LogP contribution in [0.1, 0.15) is 17.5 Å². The molecule has 0 radical (unpaired) electrons. The molecule has 4 rings (SSSR count). The number of likely N-dealkylation sites (tertiary alicyclic amines) is 1. The first kappa shape index (κ1) is 21.3. The third-order valence-corrected chi connectivity index (χ3v) is 6.81. The van der Waals surface area contributed by atoms with Gasteiger partial charge in [0.15, 0.2) is 0 Å². The molecule has 0 spiro atoms. The van der Waals surface area contributed by atoms with Crippen molar-refractivity contribution in [2.45, 2.75) is 19.3 Å². The number of thiophene rings is 1. The minimum Gasteiger partial charge on any atom is -0.348 e. The molecule has 1 aliphatic heterocycles. The van der Waals surface area contributed by atoms with Crippen molar-refractivity contribution in [3.05, 3.63) is 82.6 Å². The summed E-state index contributed by atoms with van der Waals surface area (Å²) in [5.74, 6) is 0.202. The van der Waals surface area contributed by atoms with Crippen LogP contribution >= 0.6 is 11.3 Å². The molecule has 2 heterocycles. The van der Waals surface area contributed by atoms with E-state index in [2.05, 4.69) is 36.4 Å². The Balaban J connectivity index is 1.56. The van der Waals surface area contributed by atoms with Gasteiger partial charge in [0.05, 0.1) is 11.8 Å². The standard InChI is InChI=1S/C26H28N2O2S/c1-27(2)25(30)26(12-13-28(19-26)24(29)16-21-11-14-31-18-21)17-20-7-6-10-23(15-20)22-8-4-3-5-9-22/h3-11,14-15,18H,12-13,16-17,19H2,1-2H3. The SMILES string of the molecule is CN(C)C(=O)C1(Cc2cccc(-c3ccccc3)c2)CCN(C(=O)Cc2ccsc2)C1. The fourth-order valence-electron chi connectivity index (χ4n) is 4.52. The predicted molar refractivity (Wildman–Crippen MR) is 126 cm³/mol. The van der Waals surface area contributed by atoms with E-state index in [0.29, 0.717) is 32.4 Å². The molecular formula is C26H28N2O2S. The van der Waals surface area contributed by atoms with Crippen LogP contribution in [0.15, 0.2) is 71.4 Å². The van der Waals surface area contributed by atoms with Gasteiger partial charge in [-0.2, -0.15) is 11.3 Å². The van der Waals surface area contributed by atoms with E-state index in [4.69, 9.17) is 0 Å². The maximum Gasteiger partial charge on any atom is 0.230 e. The minimum atomic E-state index is -0.580. The number of rotatable bonds is 6. The maximum absolute atomic E-state index is 13.3. The summed E-state index contributed by atoms with van der Waals surface area (Å²) < 4.78 is 0. The molecule has 1 aromatic heterocycles. The van der Waals surface area contributed by atoms with Gasteiger partial charge in [0.2, 0.25) is 11.8 Å². The number of carbonyl (C=O) groups is 2. The van der Waals surface area contributed by atoms with Gasteiger partial charge in [-0.1, -0.05) is 54.6 Å². The topological polar surface area (TPSA) is 40.6 Å². The Morgan fingerprint density at radius 1 is 1.00 bits per heavy atom. The van der Waals surface area contributed by atoms with Gasteiger partial charge < -0.3 is 9.80 Å². The number of hydrogen-bond donors (Lipinski definition) is 0. The molecule has 1 fully saturated rings. The maximum atomic E-state index is 13.3. The smallest absolute Gasteiger partial charge is 0.230 e. The summed E-state index contributed by atoms with van der Waals surface area (Å²) in [7, 11) is 3.61. The largest absolute Gasteiger partial charge is 0.348 e. The molecule has 0 N–H and O–H groups in total. The van der Waals surface area contributed by atoms with Gasteiger partial charge in [-0.25, -0.2) is 0 Å². The van der Waals surface area contributed by atoms with Crippen LogP contribution in [-0.4, -0.2) is 48.8 Å². The summed E-state index contributed by atoms with van der Waals surface area (Å²) in [6, 6.07) is 20.7. The van der Waals surface area contributed by atoms with Gasteiger partial charge in [0, 0.05) is 27.2 Å². The third kappa shape index (κ3) is 4.72. The van der Waals surface area contributed by atoms with Crippen molar-refractivity contribution in [1.29, 1.82) is 0 Å². The molecular weight excluding hydrogens is 404 g/mol. The number of hydrogen-bond acceptors (Lipinski definition) is 3. The van der Waals surface area contributed by atoms with E-state index in [-0.39, 0.29) is 11.8 Å². The van der Waals surface area contributed by atoms with E-state index in [1.807, 2.05) is 39.9 Å². The van der Waals surface area contributed by atoms with Crippen LogP contribution in [0.2, 0.25) is 0 Å². The number of amides is 2. The third-order valence-electron chi connectivity index (χ3n) is 6.08. The molecule has 31 heavy (non-hydrogen) atoms. The highest BCUT2D eigenvalue weighted by Gasteiger charge is 2.46. The molecule has 160 valence electrons. The van der Waals surface area contributed by atoms with Gasteiger partial charge >= 0.3 is 0 Å². The molecule has 1 atom stereocenters. The van der Waals surface area contributed by atoms with Crippen LogP contribution in [0.3, 0.4) is 0 Å². The average molecular weight is 433 g/mol. The second-order valence-corrected chi connectivity index (χ2v) is 9.38. The lowest BCUT2D eigenvalue weighted by atomic mass is 9.79. The summed E-state index contributed by atoms with van der Waals surface area (Å²) in [5.41, 5.74) is 3.90.